The minimum Gasteiger partial charge on any atom is -0.423 e. The molecule has 4 aromatic carbocycles. The van der Waals surface area contributed by atoms with Gasteiger partial charge in [-0.3, -0.25) is 53.3 Å². The van der Waals surface area contributed by atoms with Crippen LogP contribution in [0.4, 0.5) is 5.69 Å². The van der Waals surface area contributed by atoms with Crippen LogP contribution < -0.4 is 44.4 Å². The Balaban J connectivity index is 1.82. The number of carbonyl (C=O) groups is 9. The van der Waals surface area contributed by atoms with Gasteiger partial charge in [0.25, 0.3) is 23.4 Å². The van der Waals surface area contributed by atoms with Gasteiger partial charge in [-0.1, -0.05) is 24.3 Å². The fourth-order valence-electron chi connectivity index (χ4n) is 5.82. The van der Waals surface area contributed by atoms with E-state index in [-0.39, 0.29) is 56.4 Å². The SMILES string of the molecule is CC(=O)Oc1cccc(C(=O)NCc2ccc([N+](=O)[O-])c(CNC(=O)c3cccc(OC(C)=O)c3OC(C)=O)c2CNC(=O)c2cccc(OC(C)=O)c2OC(C)=O)c1OC(C)=O. The minimum absolute atomic E-state index is 0.0222. The van der Waals surface area contributed by atoms with Crippen molar-refractivity contribution in [1.29, 1.82) is 0 Å². The smallest absolute Gasteiger partial charge is 0.308 e. The molecule has 3 amide bonds. The summed E-state index contributed by atoms with van der Waals surface area (Å²) in [4.78, 5) is 124. The molecule has 0 unspecified atom stereocenters. The van der Waals surface area contributed by atoms with Crippen molar-refractivity contribution in [3.63, 3.8) is 0 Å². The molecule has 0 bridgehead atoms. The van der Waals surface area contributed by atoms with Gasteiger partial charge in [0.2, 0.25) is 0 Å². The summed E-state index contributed by atoms with van der Waals surface area (Å²) in [5.41, 5.74) is -1.51. The summed E-state index contributed by atoms with van der Waals surface area (Å²) in [6.07, 6.45) is 0. The first kappa shape index (κ1) is 47.2. The van der Waals surface area contributed by atoms with Gasteiger partial charge in [0.05, 0.1) is 33.7 Å². The van der Waals surface area contributed by atoms with Crippen LogP contribution in [0, 0.1) is 10.1 Å². The zero-order chi connectivity index (χ0) is 46.5. The number of nitro groups is 1. The second-order valence-electron chi connectivity index (χ2n) is 13.0. The number of carbonyl (C=O) groups excluding carboxylic acids is 9. The number of para-hydroxylation sites is 3. The molecule has 0 aliphatic heterocycles. The number of nitrogens with one attached hydrogen (secondary N) is 3. The first-order chi connectivity index (χ1) is 29.8. The first-order valence-electron chi connectivity index (χ1n) is 18.4. The molecule has 0 atom stereocenters. The van der Waals surface area contributed by atoms with E-state index in [2.05, 4.69) is 16.0 Å². The molecule has 4 aromatic rings. The second-order valence-corrected chi connectivity index (χ2v) is 13.0. The summed E-state index contributed by atoms with van der Waals surface area (Å²) in [6.45, 7) is 4.75. The molecule has 3 N–H and O–H groups in total. The third kappa shape index (κ3) is 12.8. The Labute approximate surface area is 357 Å². The van der Waals surface area contributed by atoms with Gasteiger partial charge in [0.15, 0.2) is 34.5 Å². The van der Waals surface area contributed by atoms with E-state index in [0.29, 0.717) is 0 Å². The van der Waals surface area contributed by atoms with Crippen LogP contribution in [0.5, 0.6) is 34.5 Å². The molecule has 0 radical (unpaired) electrons. The maximum absolute atomic E-state index is 13.8. The minimum atomic E-state index is -0.956. The third-order valence-electron chi connectivity index (χ3n) is 8.16. The average molecular weight is 871 g/mol. The van der Waals surface area contributed by atoms with Crippen molar-refractivity contribution in [3.05, 3.63) is 110 Å². The summed E-state index contributed by atoms with van der Waals surface area (Å²) >= 11 is 0. The van der Waals surface area contributed by atoms with Gasteiger partial charge in [-0.15, -0.1) is 0 Å². The number of hydrogen-bond acceptors (Lipinski definition) is 17. The van der Waals surface area contributed by atoms with Gasteiger partial charge in [-0.25, -0.2) is 0 Å². The Kier molecular flexibility index (Phi) is 15.8. The average Bonchev–Trinajstić information content (AvgIpc) is 3.18. The van der Waals surface area contributed by atoms with Gasteiger partial charge in [0, 0.05) is 60.7 Å². The van der Waals surface area contributed by atoms with Crippen LogP contribution in [0.3, 0.4) is 0 Å². The van der Waals surface area contributed by atoms with Crippen LogP contribution in [-0.4, -0.2) is 58.5 Å². The zero-order valence-corrected chi connectivity index (χ0v) is 34.4. The monoisotopic (exact) mass is 870 g/mol. The van der Waals surface area contributed by atoms with E-state index in [9.17, 15) is 53.3 Å². The molecule has 0 heterocycles. The lowest BCUT2D eigenvalue weighted by atomic mass is 9.97. The number of hydrogen-bond donors (Lipinski definition) is 3. The summed E-state index contributed by atoms with van der Waals surface area (Å²) < 4.78 is 30.9. The predicted molar refractivity (Wildman–Crippen MR) is 214 cm³/mol. The molecule has 0 saturated carbocycles. The maximum atomic E-state index is 13.8. The molecular formula is C42H38N4O17. The van der Waals surface area contributed by atoms with Crippen LogP contribution in [0.2, 0.25) is 0 Å². The largest absolute Gasteiger partial charge is 0.423 e. The third-order valence-corrected chi connectivity index (χ3v) is 8.16. The fourth-order valence-corrected chi connectivity index (χ4v) is 5.82. The van der Waals surface area contributed by atoms with Crippen molar-refractivity contribution < 1.29 is 76.5 Å². The number of nitrogens with zero attached hydrogens (tertiary/aromatic N) is 1. The van der Waals surface area contributed by atoms with Crippen molar-refractivity contribution in [2.24, 2.45) is 0 Å². The molecule has 4 rings (SSSR count). The van der Waals surface area contributed by atoms with Crippen LogP contribution in [0.25, 0.3) is 0 Å². The normalized spacial score (nSPS) is 10.3. The summed E-state index contributed by atoms with van der Waals surface area (Å²) in [5, 5.41) is 20.2. The highest BCUT2D eigenvalue weighted by Crippen LogP contribution is 2.35. The van der Waals surface area contributed by atoms with Crippen molar-refractivity contribution >= 4 is 59.2 Å². The number of nitro benzene ring substituents is 1. The predicted octanol–water partition coefficient (Wildman–Crippen LogP) is 3.94. The van der Waals surface area contributed by atoms with E-state index in [0.717, 1.165) is 47.6 Å². The Morgan fingerprint density at radius 1 is 0.444 bits per heavy atom. The number of amides is 3. The molecule has 0 fully saturated rings. The molecule has 0 aliphatic carbocycles. The summed E-state index contributed by atoms with van der Waals surface area (Å²) in [5.74, 6) is -9.77. The van der Waals surface area contributed by atoms with Gasteiger partial charge in [0.1, 0.15) is 0 Å². The van der Waals surface area contributed by atoms with E-state index in [1.54, 1.807) is 0 Å². The van der Waals surface area contributed by atoms with Crippen molar-refractivity contribution in [2.75, 3.05) is 0 Å². The lowest BCUT2D eigenvalue weighted by Gasteiger charge is -2.19. The van der Waals surface area contributed by atoms with Crippen LogP contribution >= 0.6 is 0 Å². The topological polar surface area (TPSA) is 288 Å². The lowest BCUT2D eigenvalue weighted by Crippen LogP contribution is -2.30. The Bertz CT molecular complexity index is 2550. The number of rotatable bonds is 16. The molecule has 0 aromatic heterocycles. The number of esters is 6. The van der Waals surface area contributed by atoms with Crippen LogP contribution in [0.1, 0.15) is 89.3 Å². The van der Waals surface area contributed by atoms with E-state index in [1.807, 2.05) is 0 Å². The van der Waals surface area contributed by atoms with E-state index in [4.69, 9.17) is 28.4 Å². The highest BCUT2D eigenvalue weighted by Gasteiger charge is 2.27. The summed E-state index contributed by atoms with van der Waals surface area (Å²) in [6, 6.07) is 13.9. The Hall–Kier alpha value is -8.49. The molecule has 0 saturated heterocycles. The first-order valence-corrected chi connectivity index (χ1v) is 18.4. The highest BCUT2D eigenvalue weighted by molar-refractivity contribution is 6.00. The van der Waals surface area contributed by atoms with Gasteiger partial charge >= 0.3 is 35.8 Å². The second kappa shape index (κ2) is 21.2. The van der Waals surface area contributed by atoms with Crippen molar-refractivity contribution in [3.8, 4) is 34.5 Å². The zero-order valence-electron chi connectivity index (χ0n) is 34.4. The molecule has 0 aliphatic rings. The molecular weight excluding hydrogens is 832 g/mol. The van der Waals surface area contributed by atoms with Gasteiger partial charge < -0.3 is 44.4 Å². The van der Waals surface area contributed by atoms with E-state index < -0.39 is 95.3 Å². The lowest BCUT2D eigenvalue weighted by molar-refractivity contribution is -0.385. The number of ether oxygens (including phenoxy) is 6. The summed E-state index contributed by atoms with van der Waals surface area (Å²) in [7, 11) is 0. The standard InChI is InChI=1S/C42H38N4O17/c1-21(47)58-34-13-7-10-28(37(34)61-24(4)50)40(53)43-18-27-16-17-33(46(56)57)32(20-45-42(55)30-12-9-15-36(60-23(3)49)39(30)63-26(6)52)31(27)19-44-41(54)29-11-8-14-35(59-22(2)48)38(29)62-25(5)51/h7-17H,18-20H2,1-6H3,(H,43,53)(H,44,54)(H,45,55). The maximum Gasteiger partial charge on any atom is 0.308 e. The quantitative estimate of drug-likeness (QED) is 0.0622. The Morgan fingerprint density at radius 2 is 0.762 bits per heavy atom. The fraction of sp³-hybridized carbons (Fsp3) is 0.214. The highest BCUT2D eigenvalue weighted by atomic mass is 16.6. The molecule has 328 valence electrons. The molecule has 0 spiro atoms. The van der Waals surface area contributed by atoms with E-state index in [1.165, 1.54) is 60.7 Å². The van der Waals surface area contributed by atoms with Crippen molar-refractivity contribution in [2.45, 2.75) is 61.2 Å². The van der Waals surface area contributed by atoms with Crippen LogP contribution in [-0.2, 0) is 48.4 Å². The van der Waals surface area contributed by atoms with Gasteiger partial charge in [-0.05, 0) is 47.5 Å². The molecule has 21 nitrogen and oxygen atoms in total. The number of benzene rings is 4. The Morgan fingerprint density at radius 3 is 1.08 bits per heavy atom. The molecule has 21 heteroatoms. The van der Waals surface area contributed by atoms with Crippen LogP contribution in [0.15, 0.2) is 66.7 Å². The van der Waals surface area contributed by atoms with E-state index >= 15 is 0 Å². The molecule has 63 heavy (non-hydrogen) atoms. The van der Waals surface area contributed by atoms with Gasteiger partial charge in [-0.2, -0.15) is 0 Å². The van der Waals surface area contributed by atoms with Crippen molar-refractivity contribution in [1.82, 2.24) is 16.0 Å².